The molecule has 7 heteroatoms. The molecule has 0 saturated carbocycles. The Balaban J connectivity index is 0.000000384. The summed E-state index contributed by atoms with van der Waals surface area (Å²) in [6.45, 7) is 6.01. The van der Waals surface area contributed by atoms with Crippen LogP contribution in [0.1, 0.15) is 16.7 Å². The molecule has 3 rings (SSSR count). The van der Waals surface area contributed by atoms with Crippen molar-refractivity contribution in [3.8, 4) is 0 Å². The van der Waals surface area contributed by atoms with E-state index in [0.717, 1.165) is 29.4 Å². The molecule has 0 nitrogen and oxygen atoms in total. The summed E-state index contributed by atoms with van der Waals surface area (Å²) in [5.41, 5.74) is 3.52. The van der Waals surface area contributed by atoms with Crippen LogP contribution in [0.15, 0.2) is 84.0 Å². The molecule has 0 heterocycles. The largest absolute Gasteiger partial charge is 6.00 e. The zero-order valence-electron chi connectivity index (χ0n) is 15.6. The van der Waals surface area contributed by atoms with Crippen molar-refractivity contribution in [1.82, 2.24) is 0 Å². The molecule has 144 valence electrons. The van der Waals surface area contributed by atoms with Gasteiger partial charge in [0.15, 0.2) is 0 Å². The minimum Gasteiger partial charge on any atom is -0.781 e. The number of aryl methyl sites for hydroxylation is 3. The van der Waals surface area contributed by atoms with E-state index in [1.54, 1.807) is 0 Å². The van der Waals surface area contributed by atoms with E-state index in [1.807, 2.05) is 75.4 Å². The van der Waals surface area contributed by atoms with Crippen LogP contribution in [0.3, 0.4) is 0 Å². The average Bonchev–Trinajstić information content (AvgIpc) is 2.60. The summed E-state index contributed by atoms with van der Waals surface area (Å²) in [6.07, 6.45) is 0. The second kappa shape index (κ2) is 13.8. The molecule has 28 heavy (non-hydrogen) atoms. The Hall–Kier alpha value is -0.332. The summed E-state index contributed by atoms with van der Waals surface area (Å²) in [7, 11) is 0. The first-order valence-corrected chi connectivity index (χ1v) is 10.4. The van der Waals surface area contributed by atoms with Gasteiger partial charge in [0, 0.05) is 0 Å². The van der Waals surface area contributed by atoms with Gasteiger partial charge >= 0.3 is 21.1 Å². The van der Waals surface area contributed by atoms with Crippen molar-refractivity contribution < 1.29 is 21.1 Å². The van der Waals surface area contributed by atoms with E-state index in [1.165, 1.54) is 16.7 Å². The quantitative estimate of drug-likeness (QED) is 0.265. The molecule has 0 fully saturated rings. The van der Waals surface area contributed by atoms with E-state index in [9.17, 15) is 0 Å². The average molecular weight is 559 g/mol. The van der Waals surface area contributed by atoms with Crippen LogP contribution in [0.5, 0.6) is 0 Å². The first-order valence-electron chi connectivity index (χ1n) is 7.94. The van der Waals surface area contributed by atoms with Gasteiger partial charge in [0.2, 0.25) is 0 Å². The zero-order chi connectivity index (χ0) is 20.6. The van der Waals surface area contributed by atoms with Gasteiger partial charge in [0.25, 0.3) is 0 Å². The molecule has 3 aromatic carbocycles. The van der Waals surface area contributed by atoms with Crippen molar-refractivity contribution in [2.45, 2.75) is 50.1 Å². The van der Waals surface area contributed by atoms with E-state index >= 15 is 0 Å². The molecule has 3 aromatic rings. The van der Waals surface area contributed by atoms with Crippen molar-refractivity contribution in [1.29, 1.82) is 0 Å². The third kappa shape index (κ3) is 10.4. The summed E-state index contributed by atoms with van der Waals surface area (Å²) < 4.78 is 0. The summed E-state index contributed by atoms with van der Waals surface area (Å²) in [5.74, 6) is 0. The van der Waals surface area contributed by atoms with Crippen molar-refractivity contribution in [3.63, 3.8) is 0 Å². The van der Waals surface area contributed by atoms with E-state index < -0.39 is 0 Å². The zero-order valence-corrected chi connectivity index (χ0v) is 22.5. The minimum atomic E-state index is 0. The second-order valence-corrected chi connectivity index (χ2v) is 8.49. The monoisotopic (exact) mass is 560 g/mol. The second-order valence-electron chi connectivity index (χ2n) is 5.85. The molecule has 0 amide bonds. The SMILES string of the molecule is Cc1ccc([S-])c([S-])c1.Cc1ccc([S-])c([S-])c1.Cc1ccc([S-])c([S-])c1.[Mo+6]. The molecular formula is C21H18MoS6. The Morgan fingerprint density at radius 1 is 0.393 bits per heavy atom. The summed E-state index contributed by atoms with van der Waals surface area (Å²) in [6, 6.07) is 17.3. The third-order valence-electron chi connectivity index (χ3n) is 3.30. The Morgan fingerprint density at radius 2 is 0.607 bits per heavy atom. The molecule has 0 unspecified atom stereocenters. The van der Waals surface area contributed by atoms with Gasteiger partial charge in [0.1, 0.15) is 0 Å². The van der Waals surface area contributed by atoms with Crippen LogP contribution in [-0.4, -0.2) is 0 Å². The molecule has 0 aliphatic rings. The number of hydrogen-bond donors (Lipinski definition) is 0. The van der Waals surface area contributed by atoms with Crippen LogP contribution < -0.4 is 0 Å². The topological polar surface area (TPSA) is 0 Å². The first-order chi connectivity index (χ1) is 12.6. The predicted molar refractivity (Wildman–Crippen MR) is 127 cm³/mol. The number of benzene rings is 3. The van der Waals surface area contributed by atoms with Crippen LogP contribution in [-0.2, 0) is 96.8 Å². The third-order valence-corrected chi connectivity index (χ3v) is 5.77. The predicted octanol–water partition coefficient (Wildman–Crippen LogP) is 5.42. The van der Waals surface area contributed by atoms with Gasteiger partial charge in [-0.05, 0) is 20.8 Å². The van der Waals surface area contributed by atoms with Crippen LogP contribution in [0.25, 0.3) is 0 Å². The van der Waals surface area contributed by atoms with Crippen molar-refractivity contribution in [3.05, 3.63) is 71.3 Å². The molecular weight excluding hydrogens is 541 g/mol. The maximum absolute atomic E-state index is 4.94. The summed E-state index contributed by atoms with van der Waals surface area (Å²) in [4.78, 5) is 4.67. The molecule has 0 N–H and O–H groups in total. The molecule has 0 bridgehead atoms. The van der Waals surface area contributed by atoms with Crippen LogP contribution >= 0.6 is 0 Å². The van der Waals surface area contributed by atoms with Crippen molar-refractivity contribution in [2.75, 3.05) is 0 Å². The maximum Gasteiger partial charge on any atom is 6.00 e. The minimum absolute atomic E-state index is 0. The Labute approximate surface area is 216 Å². The Morgan fingerprint density at radius 3 is 0.750 bits per heavy atom. The van der Waals surface area contributed by atoms with E-state index in [4.69, 9.17) is 75.8 Å². The van der Waals surface area contributed by atoms with Gasteiger partial charge in [-0.25, -0.2) is 0 Å². The van der Waals surface area contributed by atoms with Crippen molar-refractivity contribution >= 4 is 75.8 Å². The van der Waals surface area contributed by atoms with Crippen LogP contribution in [0.4, 0.5) is 0 Å². The fourth-order valence-corrected chi connectivity index (χ4v) is 2.99. The molecule has 0 radical (unpaired) electrons. The molecule has 0 aromatic heterocycles. The van der Waals surface area contributed by atoms with Crippen LogP contribution in [0.2, 0.25) is 0 Å². The van der Waals surface area contributed by atoms with Gasteiger partial charge in [-0.2, -0.15) is 29.4 Å². The summed E-state index contributed by atoms with van der Waals surface area (Å²) >= 11 is 29.5. The molecule has 0 aliphatic carbocycles. The Bertz CT molecular complexity index is 778. The van der Waals surface area contributed by atoms with E-state index in [-0.39, 0.29) is 21.1 Å². The number of hydrogen-bond acceptors (Lipinski definition) is 6. The normalized spacial score (nSPS) is 9.11. The fraction of sp³-hybridized carbons (Fsp3) is 0.143. The Kier molecular flexibility index (Phi) is 13.6. The number of rotatable bonds is 0. The molecule has 0 aliphatic heterocycles. The summed E-state index contributed by atoms with van der Waals surface area (Å²) in [5, 5.41) is 0. The molecule has 0 saturated heterocycles. The maximum atomic E-state index is 4.94. The van der Waals surface area contributed by atoms with Gasteiger partial charge in [-0.1, -0.05) is 71.3 Å². The van der Waals surface area contributed by atoms with Gasteiger partial charge < -0.3 is 75.8 Å². The van der Waals surface area contributed by atoms with Gasteiger partial charge in [-0.3, -0.25) is 0 Å². The van der Waals surface area contributed by atoms with Gasteiger partial charge in [-0.15, -0.1) is 0 Å². The standard InChI is InChI=1S/3C7H8S2.Mo/c3*1-5-2-3-6(8)7(9)4-5;/h3*2-4,8-9H,1H3;/q;;;+6/p-6. The van der Waals surface area contributed by atoms with E-state index in [2.05, 4.69) is 0 Å². The van der Waals surface area contributed by atoms with Gasteiger partial charge in [0.05, 0.1) is 0 Å². The molecule has 0 atom stereocenters. The van der Waals surface area contributed by atoms with Crippen molar-refractivity contribution in [2.24, 2.45) is 0 Å². The van der Waals surface area contributed by atoms with Crippen LogP contribution in [0, 0.1) is 20.8 Å². The fourth-order valence-electron chi connectivity index (χ4n) is 1.85. The molecule has 0 spiro atoms. The smallest absolute Gasteiger partial charge is 0.781 e. The van der Waals surface area contributed by atoms with E-state index in [0.29, 0.717) is 0 Å². The first kappa shape index (κ1) is 27.7.